The Hall–Kier alpha value is -1.73. The molecular weight excluding hydrogens is 204 g/mol. The number of nitrogens with one attached hydrogen (secondary N) is 1. The van der Waals surface area contributed by atoms with Crippen LogP contribution in [0, 0.1) is 11.3 Å². The first-order valence-electron chi connectivity index (χ1n) is 5.19. The predicted molar refractivity (Wildman–Crippen MR) is 60.4 cm³/mol. The number of hydrogen-bond donors (Lipinski definition) is 1. The van der Waals surface area contributed by atoms with Gasteiger partial charge in [0.1, 0.15) is 5.75 Å². The lowest BCUT2D eigenvalue weighted by molar-refractivity contribution is 0.189. The maximum atomic E-state index is 9.16. The van der Waals surface area contributed by atoms with E-state index in [1.807, 2.05) is 24.3 Å². The topological polar surface area (TPSA) is 54.3 Å². The van der Waals surface area contributed by atoms with Gasteiger partial charge < -0.3 is 14.8 Å². The largest absolute Gasteiger partial charge is 0.497 e. The molecule has 0 aliphatic carbocycles. The smallest absolute Gasteiger partial charge is 0.151 e. The molecule has 4 heteroatoms. The Kier molecular flexibility index (Phi) is 2.97. The SMILES string of the molecule is COc1ccc(N[C@@]2(C#N)CCOC2)cc1. The molecule has 0 unspecified atom stereocenters. The molecule has 2 rings (SSSR count). The van der Waals surface area contributed by atoms with Gasteiger partial charge >= 0.3 is 0 Å². The van der Waals surface area contributed by atoms with Gasteiger partial charge in [-0.15, -0.1) is 0 Å². The van der Waals surface area contributed by atoms with Crippen LogP contribution in [-0.4, -0.2) is 25.9 Å². The second-order valence-corrected chi connectivity index (χ2v) is 3.85. The summed E-state index contributed by atoms with van der Waals surface area (Å²) in [5.74, 6) is 0.805. The van der Waals surface area contributed by atoms with Crippen LogP contribution >= 0.6 is 0 Å². The highest BCUT2D eigenvalue weighted by Crippen LogP contribution is 2.24. The Morgan fingerprint density at radius 1 is 1.44 bits per heavy atom. The molecule has 16 heavy (non-hydrogen) atoms. The number of hydrogen-bond acceptors (Lipinski definition) is 4. The van der Waals surface area contributed by atoms with E-state index in [1.165, 1.54) is 0 Å². The molecule has 1 aliphatic rings. The number of nitrogens with zero attached hydrogens (tertiary/aromatic N) is 1. The molecule has 1 aromatic rings. The van der Waals surface area contributed by atoms with E-state index < -0.39 is 5.54 Å². The van der Waals surface area contributed by atoms with Crippen LogP contribution in [0.15, 0.2) is 24.3 Å². The van der Waals surface area contributed by atoms with Gasteiger partial charge in [-0.1, -0.05) is 0 Å². The number of methoxy groups -OCH3 is 1. The summed E-state index contributed by atoms with van der Waals surface area (Å²) < 4.78 is 10.3. The maximum absolute atomic E-state index is 9.16. The Morgan fingerprint density at radius 2 is 2.19 bits per heavy atom. The highest BCUT2D eigenvalue weighted by atomic mass is 16.5. The summed E-state index contributed by atoms with van der Waals surface area (Å²) in [5, 5.41) is 12.4. The van der Waals surface area contributed by atoms with Crippen LogP contribution in [0.2, 0.25) is 0 Å². The molecule has 0 amide bonds. The van der Waals surface area contributed by atoms with Crippen molar-refractivity contribution in [1.82, 2.24) is 0 Å². The van der Waals surface area contributed by atoms with Gasteiger partial charge in [-0.25, -0.2) is 0 Å². The first-order valence-corrected chi connectivity index (χ1v) is 5.19. The number of anilines is 1. The highest BCUT2D eigenvalue weighted by Gasteiger charge is 2.34. The van der Waals surface area contributed by atoms with Crippen molar-refractivity contribution in [3.05, 3.63) is 24.3 Å². The van der Waals surface area contributed by atoms with E-state index in [2.05, 4.69) is 11.4 Å². The maximum Gasteiger partial charge on any atom is 0.151 e. The number of rotatable bonds is 3. The van der Waals surface area contributed by atoms with Crippen molar-refractivity contribution >= 4 is 5.69 Å². The fraction of sp³-hybridized carbons (Fsp3) is 0.417. The third-order valence-electron chi connectivity index (χ3n) is 2.71. The van der Waals surface area contributed by atoms with Crippen LogP contribution in [0.4, 0.5) is 5.69 Å². The standard InChI is InChI=1S/C12H14N2O2/c1-15-11-4-2-10(3-5-11)14-12(8-13)6-7-16-9-12/h2-5,14H,6-7,9H2,1H3/t12-/m1/s1. The summed E-state index contributed by atoms with van der Waals surface area (Å²) in [6.45, 7) is 1.08. The van der Waals surface area contributed by atoms with Crippen LogP contribution < -0.4 is 10.1 Å². The van der Waals surface area contributed by atoms with Gasteiger partial charge in [0.2, 0.25) is 0 Å². The Balaban J connectivity index is 2.11. The van der Waals surface area contributed by atoms with Gasteiger partial charge in [-0.05, 0) is 24.3 Å². The molecule has 0 spiro atoms. The van der Waals surface area contributed by atoms with E-state index in [9.17, 15) is 0 Å². The zero-order valence-corrected chi connectivity index (χ0v) is 9.19. The van der Waals surface area contributed by atoms with Crippen LogP contribution in [0.25, 0.3) is 0 Å². The third kappa shape index (κ3) is 2.10. The minimum Gasteiger partial charge on any atom is -0.497 e. The fourth-order valence-electron chi connectivity index (χ4n) is 1.73. The monoisotopic (exact) mass is 218 g/mol. The van der Waals surface area contributed by atoms with Crippen molar-refractivity contribution in [3.63, 3.8) is 0 Å². The second kappa shape index (κ2) is 4.42. The number of nitriles is 1. The Morgan fingerprint density at radius 3 is 2.69 bits per heavy atom. The lowest BCUT2D eigenvalue weighted by Gasteiger charge is -2.21. The molecule has 1 aliphatic heterocycles. The first-order chi connectivity index (χ1) is 7.78. The Bertz CT molecular complexity index is 388. The lowest BCUT2D eigenvalue weighted by Crippen LogP contribution is -2.36. The van der Waals surface area contributed by atoms with Crippen molar-refractivity contribution in [1.29, 1.82) is 5.26 Å². The van der Waals surface area contributed by atoms with Crippen LogP contribution in [0.5, 0.6) is 5.75 Å². The van der Waals surface area contributed by atoms with Crippen LogP contribution in [0.3, 0.4) is 0 Å². The molecule has 1 aromatic carbocycles. The summed E-state index contributed by atoms with van der Waals surface area (Å²) in [6, 6.07) is 9.81. The van der Waals surface area contributed by atoms with Crippen molar-refractivity contribution < 1.29 is 9.47 Å². The molecule has 0 aromatic heterocycles. The van der Waals surface area contributed by atoms with E-state index in [1.54, 1.807) is 7.11 Å². The van der Waals surface area contributed by atoms with Gasteiger partial charge in [0, 0.05) is 12.1 Å². The van der Waals surface area contributed by atoms with E-state index in [-0.39, 0.29) is 0 Å². The van der Waals surface area contributed by atoms with Crippen molar-refractivity contribution in [2.24, 2.45) is 0 Å². The normalized spacial score (nSPS) is 23.8. The molecule has 1 N–H and O–H groups in total. The molecule has 1 saturated heterocycles. The third-order valence-corrected chi connectivity index (χ3v) is 2.71. The Labute approximate surface area is 94.8 Å². The van der Waals surface area contributed by atoms with Gasteiger partial charge in [-0.2, -0.15) is 5.26 Å². The zero-order chi connectivity index (χ0) is 11.4. The molecule has 4 nitrogen and oxygen atoms in total. The minimum absolute atomic E-state index is 0.440. The molecule has 1 fully saturated rings. The average molecular weight is 218 g/mol. The van der Waals surface area contributed by atoms with Gasteiger partial charge in [0.25, 0.3) is 0 Å². The van der Waals surface area contributed by atoms with Crippen molar-refractivity contribution in [2.45, 2.75) is 12.0 Å². The summed E-state index contributed by atoms with van der Waals surface area (Å²) in [4.78, 5) is 0. The predicted octanol–water partition coefficient (Wildman–Crippen LogP) is 1.79. The lowest BCUT2D eigenvalue weighted by atomic mass is 10.0. The van der Waals surface area contributed by atoms with Gasteiger partial charge in [0.15, 0.2) is 5.54 Å². The second-order valence-electron chi connectivity index (χ2n) is 3.85. The summed E-state index contributed by atoms with van der Waals surface area (Å²) in [5.41, 5.74) is 0.335. The quantitative estimate of drug-likeness (QED) is 0.840. The molecule has 0 radical (unpaired) electrons. The van der Waals surface area contributed by atoms with Crippen molar-refractivity contribution in [2.75, 3.05) is 25.6 Å². The molecule has 84 valence electrons. The highest BCUT2D eigenvalue weighted by molar-refractivity contribution is 5.50. The summed E-state index contributed by atoms with van der Waals surface area (Å²) in [6.07, 6.45) is 0.718. The average Bonchev–Trinajstić information content (AvgIpc) is 2.79. The van der Waals surface area contributed by atoms with E-state index in [0.29, 0.717) is 13.2 Å². The first kappa shape index (κ1) is 10.8. The minimum atomic E-state index is -0.575. The molecular formula is C12H14N2O2. The summed E-state index contributed by atoms with van der Waals surface area (Å²) in [7, 11) is 1.63. The number of benzene rings is 1. The fourth-order valence-corrected chi connectivity index (χ4v) is 1.73. The van der Waals surface area contributed by atoms with E-state index in [4.69, 9.17) is 14.7 Å². The van der Waals surface area contributed by atoms with Gasteiger partial charge in [-0.3, -0.25) is 0 Å². The zero-order valence-electron chi connectivity index (χ0n) is 9.19. The van der Waals surface area contributed by atoms with Crippen molar-refractivity contribution in [3.8, 4) is 11.8 Å². The molecule has 1 atom stereocenters. The summed E-state index contributed by atoms with van der Waals surface area (Å²) >= 11 is 0. The van der Waals surface area contributed by atoms with Crippen LogP contribution in [-0.2, 0) is 4.74 Å². The van der Waals surface area contributed by atoms with E-state index in [0.717, 1.165) is 17.9 Å². The molecule has 1 heterocycles. The molecule has 0 saturated carbocycles. The van der Waals surface area contributed by atoms with E-state index >= 15 is 0 Å². The van der Waals surface area contributed by atoms with Crippen LogP contribution in [0.1, 0.15) is 6.42 Å². The molecule has 0 bridgehead atoms. The number of ether oxygens (including phenoxy) is 2. The van der Waals surface area contributed by atoms with Gasteiger partial charge in [0.05, 0.1) is 26.4 Å².